The van der Waals surface area contributed by atoms with Gasteiger partial charge in [0.1, 0.15) is 13.2 Å². The number of hydrogen-bond acceptors (Lipinski definition) is 4. The molecule has 0 saturated carbocycles. The minimum Gasteiger partial charge on any atom is -0.486 e. The summed E-state index contributed by atoms with van der Waals surface area (Å²) in [5.74, 6) is 1.40. The maximum absolute atomic E-state index is 13.2. The van der Waals surface area contributed by atoms with E-state index in [1.807, 2.05) is 35.2 Å². The Morgan fingerprint density at radius 2 is 1.76 bits per heavy atom. The van der Waals surface area contributed by atoms with Crippen molar-refractivity contribution < 1.29 is 14.3 Å². The minimum atomic E-state index is 0.0407. The highest BCUT2D eigenvalue weighted by atomic mass is 16.6. The summed E-state index contributed by atoms with van der Waals surface area (Å²) in [5.41, 5.74) is 1.81. The van der Waals surface area contributed by atoms with Gasteiger partial charge in [0.05, 0.1) is 6.04 Å². The van der Waals surface area contributed by atoms with Crippen LogP contribution in [0.3, 0.4) is 0 Å². The molecule has 2 heterocycles. The van der Waals surface area contributed by atoms with E-state index in [-0.39, 0.29) is 11.9 Å². The Morgan fingerprint density at radius 1 is 1.00 bits per heavy atom. The molecule has 130 valence electrons. The van der Waals surface area contributed by atoms with Gasteiger partial charge in [0.15, 0.2) is 11.5 Å². The lowest BCUT2D eigenvalue weighted by Gasteiger charge is -2.40. The standard InChI is InChI=1S/C20H22N2O3/c1-21-9-10-22(17(14-21)15-5-3-2-4-6-15)20(23)16-7-8-18-19(13-16)25-12-11-24-18/h2-8,13,17H,9-12,14H2,1H3/t17-/m1/s1. The van der Waals surface area contributed by atoms with Crippen molar-refractivity contribution in [2.75, 3.05) is 39.9 Å². The van der Waals surface area contributed by atoms with E-state index in [9.17, 15) is 4.79 Å². The van der Waals surface area contributed by atoms with E-state index in [4.69, 9.17) is 9.47 Å². The predicted octanol–water partition coefficient (Wildman–Crippen LogP) is 2.59. The zero-order valence-corrected chi connectivity index (χ0v) is 14.4. The van der Waals surface area contributed by atoms with Gasteiger partial charge in [-0.05, 0) is 30.8 Å². The molecule has 0 unspecified atom stereocenters. The fourth-order valence-corrected chi connectivity index (χ4v) is 3.47. The fraction of sp³-hybridized carbons (Fsp3) is 0.350. The summed E-state index contributed by atoms with van der Waals surface area (Å²) >= 11 is 0. The molecule has 1 fully saturated rings. The van der Waals surface area contributed by atoms with Gasteiger partial charge in [-0.25, -0.2) is 0 Å². The largest absolute Gasteiger partial charge is 0.486 e. The van der Waals surface area contributed by atoms with Crippen molar-refractivity contribution in [1.82, 2.24) is 9.80 Å². The van der Waals surface area contributed by atoms with Gasteiger partial charge in [-0.2, -0.15) is 0 Å². The summed E-state index contributed by atoms with van der Waals surface area (Å²) in [5, 5.41) is 0. The van der Waals surface area contributed by atoms with Gasteiger partial charge < -0.3 is 19.3 Å². The Kier molecular flexibility index (Phi) is 4.32. The predicted molar refractivity (Wildman–Crippen MR) is 95.1 cm³/mol. The van der Waals surface area contributed by atoms with E-state index >= 15 is 0 Å². The molecule has 1 saturated heterocycles. The number of carbonyl (C=O) groups is 1. The molecule has 0 aliphatic carbocycles. The molecule has 2 aromatic carbocycles. The van der Waals surface area contributed by atoms with E-state index in [0.29, 0.717) is 36.8 Å². The van der Waals surface area contributed by atoms with Crippen LogP contribution in [0, 0.1) is 0 Å². The summed E-state index contributed by atoms with van der Waals surface area (Å²) in [6.07, 6.45) is 0. The Hall–Kier alpha value is -2.53. The van der Waals surface area contributed by atoms with Crippen LogP contribution in [0.2, 0.25) is 0 Å². The van der Waals surface area contributed by atoms with Crippen molar-refractivity contribution in [3.63, 3.8) is 0 Å². The van der Waals surface area contributed by atoms with Gasteiger partial charge in [0.2, 0.25) is 0 Å². The van der Waals surface area contributed by atoms with Crippen LogP contribution in [0.5, 0.6) is 11.5 Å². The summed E-state index contributed by atoms with van der Waals surface area (Å²) in [7, 11) is 2.10. The lowest BCUT2D eigenvalue weighted by Crippen LogP contribution is -2.49. The third kappa shape index (κ3) is 3.20. The number of likely N-dealkylation sites (N-methyl/N-ethyl adjacent to an activating group) is 1. The highest BCUT2D eigenvalue weighted by Gasteiger charge is 2.31. The van der Waals surface area contributed by atoms with Gasteiger partial charge >= 0.3 is 0 Å². The average Bonchev–Trinajstić information content (AvgIpc) is 2.67. The molecule has 2 aliphatic heterocycles. The van der Waals surface area contributed by atoms with Crippen LogP contribution >= 0.6 is 0 Å². The maximum Gasteiger partial charge on any atom is 0.254 e. The molecule has 1 amide bonds. The molecule has 5 heteroatoms. The number of fused-ring (bicyclic) bond motifs is 1. The topological polar surface area (TPSA) is 42.0 Å². The SMILES string of the molecule is CN1CCN(C(=O)c2ccc3c(c2)OCCO3)[C@@H](c2ccccc2)C1. The molecule has 4 rings (SSSR count). The van der Waals surface area contributed by atoms with Crippen molar-refractivity contribution in [2.24, 2.45) is 0 Å². The van der Waals surface area contributed by atoms with Crippen LogP contribution in [-0.4, -0.2) is 55.6 Å². The number of carbonyl (C=O) groups excluding carboxylic acids is 1. The Bertz CT molecular complexity index is 763. The number of piperazine rings is 1. The molecule has 0 aromatic heterocycles. The molecule has 0 bridgehead atoms. The number of hydrogen-bond donors (Lipinski definition) is 0. The zero-order chi connectivity index (χ0) is 17.2. The van der Waals surface area contributed by atoms with E-state index in [2.05, 4.69) is 24.1 Å². The van der Waals surface area contributed by atoms with Crippen LogP contribution in [0.4, 0.5) is 0 Å². The van der Waals surface area contributed by atoms with Crippen molar-refractivity contribution in [2.45, 2.75) is 6.04 Å². The van der Waals surface area contributed by atoms with Gasteiger partial charge in [-0.1, -0.05) is 30.3 Å². The van der Waals surface area contributed by atoms with E-state index in [1.54, 1.807) is 6.07 Å². The minimum absolute atomic E-state index is 0.0407. The van der Waals surface area contributed by atoms with E-state index in [0.717, 1.165) is 13.1 Å². The molecule has 25 heavy (non-hydrogen) atoms. The lowest BCUT2D eigenvalue weighted by atomic mass is 10.0. The summed E-state index contributed by atoms with van der Waals surface area (Å²) in [6.45, 7) is 3.49. The molecular formula is C20H22N2O3. The first-order valence-electron chi connectivity index (χ1n) is 8.66. The van der Waals surface area contributed by atoms with Gasteiger partial charge in [-0.3, -0.25) is 4.79 Å². The molecule has 1 atom stereocenters. The molecule has 5 nitrogen and oxygen atoms in total. The molecule has 2 aromatic rings. The van der Waals surface area contributed by atoms with Crippen LogP contribution < -0.4 is 9.47 Å². The van der Waals surface area contributed by atoms with Crippen LogP contribution in [0.25, 0.3) is 0 Å². The molecule has 2 aliphatic rings. The van der Waals surface area contributed by atoms with Crippen LogP contribution in [-0.2, 0) is 0 Å². The third-order valence-corrected chi connectivity index (χ3v) is 4.82. The van der Waals surface area contributed by atoms with Gasteiger partial charge in [0, 0.05) is 25.2 Å². The first-order valence-corrected chi connectivity index (χ1v) is 8.66. The van der Waals surface area contributed by atoms with Crippen molar-refractivity contribution >= 4 is 5.91 Å². The second-order valence-electron chi connectivity index (χ2n) is 6.55. The van der Waals surface area contributed by atoms with Crippen molar-refractivity contribution in [1.29, 1.82) is 0 Å². The second-order valence-corrected chi connectivity index (χ2v) is 6.55. The average molecular weight is 338 g/mol. The Labute approximate surface area is 147 Å². The first kappa shape index (κ1) is 16.0. The second kappa shape index (κ2) is 6.76. The van der Waals surface area contributed by atoms with E-state index in [1.165, 1.54) is 5.56 Å². The monoisotopic (exact) mass is 338 g/mol. The summed E-state index contributed by atoms with van der Waals surface area (Å²) in [6, 6.07) is 15.8. The number of rotatable bonds is 2. The quantitative estimate of drug-likeness (QED) is 0.844. The molecule has 0 N–H and O–H groups in total. The summed E-state index contributed by atoms with van der Waals surface area (Å²) < 4.78 is 11.2. The number of benzene rings is 2. The lowest BCUT2D eigenvalue weighted by molar-refractivity contribution is 0.0497. The number of amides is 1. The zero-order valence-electron chi connectivity index (χ0n) is 14.4. The van der Waals surface area contributed by atoms with E-state index < -0.39 is 0 Å². The maximum atomic E-state index is 13.2. The van der Waals surface area contributed by atoms with Crippen LogP contribution in [0.15, 0.2) is 48.5 Å². The van der Waals surface area contributed by atoms with Crippen molar-refractivity contribution in [3.8, 4) is 11.5 Å². The Morgan fingerprint density at radius 3 is 2.56 bits per heavy atom. The number of ether oxygens (including phenoxy) is 2. The Balaban J connectivity index is 1.63. The fourth-order valence-electron chi connectivity index (χ4n) is 3.47. The van der Waals surface area contributed by atoms with Gasteiger partial charge in [-0.15, -0.1) is 0 Å². The first-order chi connectivity index (χ1) is 12.2. The summed E-state index contributed by atoms with van der Waals surface area (Å²) in [4.78, 5) is 17.4. The molecule has 0 spiro atoms. The normalized spacial score (nSPS) is 20.4. The molecule has 0 radical (unpaired) electrons. The van der Waals surface area contributed by atoms with Gasteiger partial charge in [0.25, 0.3) is 5.91 Å². The highest BCUT2D eigenvalue weighted by molar-refractivity contribution is 5.95. The van der Waals surface area contributed by atoms with Crippen molar-refractivity contribution in [3.05, 3.63) is 59.7 Å². The van der Waals surface area contributed by atoms with Crippen LogP contribution in [0.1, 0.15) is 22.0 Å². The molecular weight excluding hydrogens is 316 g/mol. The number of nitrogens with zero attached hydrogens (tertiary/aromatic N) is 2. The smallest absolute Gasteiger partial charge is 0.254 e. The highest BCUT2D eigenvalue weighted by Crippen LogP contribution is 2.33. The third-order valence-electron chi connectivity index (χ3n) is 4.82.